The maximum absolute atomic E-state index is 10.6. The molecular weight excluding hydrogens is 452 g/mol. The summed E-state index contributed by atoms with van der Waals surface area (Å²) in [6, 6.07) is 3.66. The number of nitrogens with one attached hydrogen (secondary N) is 1. The van der Waals surface area contributed by atoms with Crippen LogP contribution in [0.25, 0.3) is 10.6 Å². The molecule has 166 valence electrons. The minimum Gasteiger partial charge on any atom is -0.414 e. The van der Waals surface area contributed by atoms with Gasteiger partial charge in [-0.2, -0.15) is 0 Å². The average Bonchev–Trinajstić information content (AvgIpc) is 3.43. The van der Waals surface area contributed by atoms with E-state index in [0.29, 0.717) is 21.9 Å². The third-order valence-corrected chi connectivity index (χ3v) is 6.23. The van der Waals surface area contributed by atoms with Gasteiger partial charge in [0, 0.05) is 29.7 Å². The molecule has 1 saturated heterocycles. The van der Waals surface area contributed by atoms with Gasteiger partial charge in [-0.05, 0) is 12.1 Å². The molecule has 1 aliphatic rings. The Bertz CT molecular complexity index is 1010. The second-order valence-electron chi connectivity index (χ2n) is 6.47. The van der Waals surface area contributed by atoms with Crippen molar-refractivity contribution in [3.63, 3.8) is 0 Å². The van der Waals surface area contributed by atoms with Crippen LogP contribution in [0.4, 0.5) is 5.13 Å². The average molecular weight is 470 g/mol. The standard InChI is InChI=1S/C16H18N6O7S2/c23-6-8-10(24)11(25)12(26)16(27,29-8)31-15-22-19-9(28-15)5-18-14-21-20-13(30-14)7-2-1-3-17-4-7/h1-4,8,10-12,23-27H,5-6H2,(H,18,21). The van der Waals surface area contributed by atoms with Crippen molar-refractivity contribution in [2.24, 2.45) is 0 Å². The molecule has 6 N–H and O–H groups in total. The smallest absolute Gasteiger partial charge is 0.281 e. The number of aliphatic hydroxyl groups excluding tert-OH is 4. The Morgan fingerprint density at radius 1 is 1.16 bits per heavy atom. The third-order valence-electron chi connectivity index (χ3n) is 4.33. The molecular formula is C16H18N6O7S2. The number of ether oxygens (including phenoxy) is 1. The predicted octanol–water partition coefficient (Wildman–Crippen LogP) is -1.19. The number of rotatable bonds is 7. The van der Waals surface area contributed by atoms with E-state index in [1.165, 1.54) is 11.3 Å². The first-order valence-electron chi connectivity index (χ1n) is 8.94. The number of aromatic nitrogens is 5. The SMILES string of the molecule is OCC1OC(O)(Sc2nnc(CNc3nnc(-c4cccnc4)s3)o2)C(O)C(O)C1O. The Balaban J connectivity index is 1.38. The van der Waals surface area contributed by atoms with Gasteiger partial charge in [0.1, 0.15) is 24.4 Å². The van der Waals surface area contributed by atoms with Crippen LogP contribution in [0.5, 0.6) is 0 Å². The van der Waals surface area contributed by atoms with Crippen LogP contribution in [0.2, 0.25) is 0 Å². The van der Waals surface area contributed by atoms with Crippen LogP contribution in [0.15, 0.2) is 34.2 Å². The van der Waals surface area contributed by atoms with Crippen molar-refractivity contribution < 1.29 is 34.7 Å². The zero-order valence-electron chi connectivity index (χ0n) is 15.6. The van der Waals surface area contributed by atoms with E-state index in [9.17, 15) is 25.5 Å². The highest BCUT2D eigenvalue weighted by molar-refractivity contribution is 8.00. The molecule has 0 spiro atoms. The number of thioether (sulfide) groups is 1. The summed E-state index contributed by atoms with van der Waals surface area (Å²) in [7, 11) is 0. The third kappa shape index (κ3) is 4.68. The Hall–Kier alpha value is -2.24. The van der Waals surface area contributed by atoms with Crippen molar-refractivity contribution in [2.45, 2.75) is 41.3 Å². The molecule has 5 atom stereocenters. The van der Waals surface area contributed by atoms with E-state index in [0.717, 1.165) is 5.56 Å². The molecule has 3 aromatic rings. The molecule has 4 rings (SSSR count). The molecule has 0 bridgehead atoms. The predicted molar refractivity (Wildman–Crippen MR) is 106 cm³/mol. The lowest BCUT2D eigenvalue weighted by Gasteiger charge is -2.43. The van der Waals surface area contributed by atoms with Gasteiger partial charge in [-0.3, -0.25) is 4.98 Å². The van der Waals surface area contributed by atoms with Crippen molar-refractivity contribution in [3.8, 4) is 10.6 Å². The lowest BCUT2D eigenvalue weighted by atomic mass is 9.99. The van der Waals surface area contributed by atoms with Gasteiger partial charge in [0.05, 0.1) is 13.2 Å². The Kier molecular flexibility index (Phi) is 6.44. The number of hydrogen-bond acceptors (Lipinski definition) is 15. The van der Waals surface area contributed by atoms with Gasteiger partial charge in [-0.1, -0.05) is 11.3 Å². The summed E-state index contributed by atoms with van der Waals surface area (Å²) in [5.41, 5.74) is 0.831. The molecule has 1 fully saturated rings. The topological polar surface area (TPSA) is 200 Å². The van der Waals surface area contributed by atoms with Gasteiger partial charge in [0.15, 0.2) is 5.01 Å². The molecule has 0 aromatic carbocycles. The van der Waals surface area contributed by atoms with E-state index in [-0.39, 0.29) is 17.7 Å². The second kappa shape index (κ2) is 9.09. The molecule has 0 saturated carbocycles. The van der Waals surface area contributed by atoms with Crippen molar-refractivity contribution in [3.05, 3.63) is 30.4 Å². The van der Waals surface area contributed by atoms with Gasteiger partial charge in [-0.25, -0.2) is 0 Å². The highest BCUT2D eigenvalue weighted by Crippen LogP contribution is 2.40. The lowest BCUT2D eigenvalue weighted by Crippen LogP contribution is -2.63. The Morgan fingerprint density at radius 2 is 2.00 bits per heavy atom. The molecule has 31 heavy (non-hydrogen) atoms. The minimum absolute atomic E-state index is 0.109. The highest BCUT2D eigenvalue weighted by atomic mass is 32.2. The Morgan fingerprint density at radius 3 is 2.74 bits per heavy atom. The molecule has 1 aliphatic heterocycles. The number of anilines is 1. The zero-order chi connectivity index (χ0) is 22.0. The van der Waals surface area contributed by atoms with Gasteiger partial charge >= 0.3 is 0 Å². The summed E-state index contributed by atoms with van der Waals surface area (Å²) in [5.74, 6) is 0.147. The van der Waals surface area contributed by atoms with Crippen LogP contribution >= 0.6 is 23.1 Å². The van der Waals surface area contributed by atoms with Crippen molar-refractivity contribution >= 4 is 28.2 Å². The van der Waals surface area contributed by atoms with E-state index in [4.69, 9.17) is 9.15 Å². The fraction of sp³-hybridized carbons (Fsp3) is 0.438. The van der Waals surface area contributed by atoms with E-state index in [2.05, 4.69) is 30.7 Å². The van der Waals surface area contributed by atoms with Crippen LogP contribution in [0.3, 0.4) is 0 Å². The maximum atomic E-state index is 10.6. The highest BCUT2D eigenvalue weighted by Gasteiger charge is 2.54. The van der Waals surface area contributed by atoms with Crippen LogP contribution < -0.4 is 5.32 Å². The van der Waals surface area contributed by atoms with E-state index < -0.39 is 36.1 Å². The molecule has 13 nitrogen and oxygen atoms in total. The largest absolute Gasteiger partial charge is 0.414 e. The van der Waals surface area contributed by atoms with E-state index in [1.54, 1.807) is 18.5 Å². The van der Waals surface area contributed by atoms with Gasteiger partial charge < -0.3 is 40.0 Å². The van der Waals surface area contributed by atoms with Crippen LogP contribution in [0.1, 0.15) is 5.89 Å². The number of aliphatic hydroxyl groups is 5. The molecule has 4 heterocycles. The first-order valence-corrected chi connectivity index (χ1v) is 10.6. The molecule has 0 radical (unpaired) electrons. The first-order chi connectivity index (χ1) is 14.9. The molecule has 0 amide bonds. The fourth-order valence-corrected chi connectivity index (χ4v) is 4.37. The summed E-state index contributed by atoms with van der Waals surface area (Å²) in [6.45, 7) is -0.576. The van der Waals surface area contributed by atoms with Crippen LogP contribution in [-0.4, -0.2) is 87.1 Å². The normalized spacial score (nSPS) is 28.5. The van der Waals surface area contributed by atoms with E-state index in [1.807, 2.05) is 6.07 Å². The monoisotopic (exact) mass is 470 g/mol. The Labute approximate surface area is 182 Å². The number of nitrogens with zero attached hydrogens (tertiary/aromatic N) is 5. The van der Waals surface area contributed by atoms with Gasteiger partial charge in [0.25, 0.3) is 10.3 Å². The molecule has 15 heteroatoms. The summed E-state index contributed by atoms with van der Waals surface area (Å²) in [6.07, 6.45) is -3.20. The quantitative estimate of drug-likeness (QED) is 0.225. The molecule has 5 unspecified atom stereocenters. The first kappa shape index (κ1) is 22.0. The summed E-state index contributed by atoms with van der Waals surface area (Å²) >= 11 is 1.75. The number of hydrogen-bond donors (Lipinski definition) is 6. The minimum atomic E-state index is -2.42. The molecule has 3 aromatic heterocycles. The van der Waals surface area contributed by atoms with Gasteiger partial charge in [0.2, 0.25) is 11.0 Å². The van der Waals surface area contributed by atoms with Crippen molar-refractivity contribution in [1.82, 2.24) is 25.4 Å². The van der Waals surface area contributed by atoms with Crippen LogP contribution in [-0.2, 0) is 11.3 Å². The van der Waals surface area contributed by atoms with Crippen molar-refractivity contribution in [1.29, 1.82) is 0 Å². The van der Waals surface area contributed by atoms with Crippen LogP contribution in [0, 0.1) is 0 Å². The fourth-order valence-electron chi connectivity index (χ4n) is 2.74. The summed E-state index contributed by atoms with van der Waals surface area (Å²) < 4.78 is 10.6. The summed E-state index contributed by atoms with van der Waals surface area (Å²) in [5, 5.41) is 66.9. The zero-order valence-corrected chi connectivity index (χ0v) is 17.3. The summed E-state index contributed by atoms with van der Waals surface area (Å²) in [4.78, 5) is 4.04. The van der Waals surface area contributed by atoms with Gasteiger partial charge in [-0.15, -0.1) is 20.4 Å². The second-order valence-corrected chi connectivity index (χ2v) is 8.58. The van der Waals surface area contributed by atoms with E-state index >= 15 is 0 Å². The van der Waals surface area contributed by atoms with Crippen molar-refractivity contribution in [2.75, 3.05) is 11.9 Å². The maximum Gasteiger partial charge on any atom is 0.281 e. The number of pyridine rings is 1. The lowest BCUT2D eigenvalue weighted by molar-refractivity contribution is -0.305. The molecule has 0 aliphatic carbocycles.